The van der Waals surface area contributed by atoms with Crippen molar-refractivity contribution in [1.29, 1.82) is 0 Å². The van der Waals surface area contributed by atoms with E-state index in [9.17, 15) is 4.79 Å². The highest BCUT2D eigenvalue weighted by Crippen LogP contribution is 1.78. The number of ether oxygens (including phenoxy) is 1. The number of hydrogen-bond donors (Lipinski definition) is 1. The maximum atomic E-state index is 10.5. The first-order valence-corrected chi connectivity index (χ1v) is 2.48. The summed E-state index contributed by atoms with van der Waals surface area (Å²) in [6.45, 7) is 1.61. The largest absolute Gasteiger partial charge is 0.467 e. The first-order valence-electron chi connectivity index (χ1n) is 2.48. The Morgan fingerprint density at radius 2 is 2.33 bits per heavy atom. The predicted octanol–water partition coefficient (Wildman–Crippen LogP) is -0.490. The van der Waals surface area contributed by atoms with E-state index in [-0.39, 0.29) is 0 Å². The molecule has 50 valence electrons. The van der Waals surface area contributed by atoms with E-state index in [4.69, 9.17) is 5.73 Å². The molecule has 0 aromatic carbocycles. The number of rotatable bonds is 1. The summed E-state index contributed by atoms with van der Waals surface area (Å²) in [5.74, 6) is 4.46. The fourth-order valence-electron chi connectivity index (χ4n) is 0.341. The number of esters is 1. The summed E-state index contributed by atoms with van der Waals surface area (Å²) in [7, 11) is 1.28. The van der Waals surface area contributed by atoms with Crippen LogP contribution in [0.1, 0.15) is 6.92 Å². The Morgan fingerprint density at radius 3 is 2.67 bits per heavy atom. The van der Waals surface area contributed by atoms with Gasteiger partial charge in [-0.2, -0.15) is 0 Å². The number of hydrogen-bond acceptors (Lipinski definition) is 3. The standard InChI is InChI=1S/C6H9NO2/c1-3-4-5(7)6(8)9-2/h5H,7H2,1-2H3. The van der Waals surface area contributed by atoms with Crippen molar-refractivity contribution in [3.05, 3.63) is 0 Å². The molecule has 0 aromatic heterocycles. The highest BCUT2D eigenvalue weighted by Gasteiger charge is 2.07. The Morgan fingerprint density at radius 1 is 1.78 bits per heavy atom. The van der Waals surface area contributed by atoms with Crippen LogP contribution in [0.4, 0.5) is 0 Å². The van der Waals surface area contributed by atoms with E-state index >= 15 is 0 Å². The maximum absolute atomic E-state index is 10.5. The zero-order valence-electron chi connectivity index (χ0n) is 5.47. The monoisotopic (exact) mass is 127 g/mol. The summed E-state index contributed by atoms with van der Waals surface area (Å²) in [6, 6.07) is -0.792. The molecule has 0 amide bonds. The molecular formula is C6H9NO2. The van der Waals surface area contributed by atoms with Gasteiger partial charge < -0.3 is 10.5 Å². The molecule has 0 radical (unpaired) electrons. The Bertz CT molecular complexity index is 154. The minimum absolute atomic E-state index is 0.496. The summed E-state index contributed by atoms with van der Waals surface area (Å²) in [5, 5.41) is 0. The lowest BCUT2D eigenvalue weighted by molar-refractivity contribution is -0.140. The average molecular weight is 127 g/mol. The number of methoxy groups -OCH3 is 1. The third-order valence-electron chi connectivity index (χ3n) is 0.755. The molecular weight excluding hydrogens is 118 g/mol. The molecule has 0 aromatic rings. The molecule has 0 aliphatic rings. The van der Waals surface area contributed by atoms with Gasteiger partial charge in [0.2, 0.25) is 0 Å². The van der Waals surface area contributed by atoms with Crippen LogP contribution in [0.25, 0.3) is 0 Å². The molecule has 1 atom stereocenters. The molecule has 0 bridgehead atoms. The molecule has 3 nitrogen and oxygen atoms in total. The van der Waals surface area contributed by atoms with Gasteiger partial charge >= 0.3 is 5.97 Å². The van der Waals surface area contributed by atoms with E-state index in [2.05, 4.69) is 16.6 Å². The van der Waals surface area contributed by atoms with Gasteiger partial charge in [-0.3, -0.25) is 0 Å². The lowest BCUT2D eigenvalue weighted by atomic mass is 10.3. The van der Waals surface area contributed by atoms with E-state index in [0.29, 0.717) is 0 Å². The summed E-state index contributed by atoms with van der Waals surface area (Å²) in [5.41, 5.74) is 5.19. The second-order valence-electron chi connectivity index (χ2n) is 1.40. The quantitative estimate of drug-likeness (QED) is 0.382. The zero-order chi connectivity index (χ0) is 7.28. The van der Waals surface area contributed by atoms with Crippen LogP contribution in [-0.2, 0) is 9.53 Å². The van der Waals surface area contributed by atoms with Crippen molar-refractivity contribution >= 4 is 5.97 Å². The zero-order valence-corrected chi connectivity index (χ0v) is 5.47. The van der Waals surface area contributed by atoms with Crippen LogP contribution in [0.15, 0.2) is 0 Å². The summed E-state index contributed by atoms with van der Waals surface area (Å²) >= 11 is 0. The molecule has 0 aliphatic carbocycles. The number of carbonyl (C=O) groups excluding carboxylic acids is 1. The second-order valence-corrected chi connectivity index (χ2v) is 1.40. The average Bonchev–Trinajstić information content (AvgIpc) is 1.87. The molecule has 0 rings (SSSR count). The Labute approximate surface area is 54.2 Å². The van der Waals surface area contributed by atoms with E-state index in [1.807, 2.05) is 0 Å². The lowest BCUT2D eigenvalue weighted by Crippen LogP contribution is -2.29. The number of nitrogens with two attached hydrogens (primary N) is 1. The van der Waals surface area contributed by atoms with Gasteiger partial charge in [0.1, 0.15) is 0 Å². The SMILES string of the molecule is CC#CC(N)C(=O)OC. The molecule has 0 fully saturated rings. The first-order chi connectivity index (χ1) is 4.22. The maximum Gasteiger partial charge on any atom is 0.335 e. The molecule has 0 saturated carbocycles. The Balaban J connectivity index is 3.82. The van der Waals surface area contributed by atoms with Gasteiger partial charge in [0.15, 0.2) is 6.04 Å². The fourth-order valence-corrected chi connectivity index (χ4v) is 0.341. The van der Waals surface area contributed by atoms with Crippen LogP contribution in [0, 0.1) is 11.8 Å². The lowest BCUT2D eigenvalue weighted by Gasteiger charge is -1.98. The molecule has 3 heteroatoms. The van der Waals surface area contributed by atoms with E-state index < -0.39 is 12.0 Å². The van der Waals surface area contributed by atoms with Crippen LogP contribution >= 0.6 is 0 Å². The molecule has 2 N–H and O–H groups in total. The van der Waals surface area contributed by atoms with Crippen molar-refractivity contribution < 1.29 is 9.53 Å². The van der Waals surface area contributed by atoms with Gasteiger partial charge in [0.05, 0.1) is 7.11 Å². The summed E-state index contributed by atoms with van der Waals surface area (Å²) < 4.78 is 4.30. The van der Waals surface area contributed by atoms with Gasteiger partial charge in [-0.15, -0.1) is 5.92 Å². The fraction of sp³-hybridized carbons (Fsp3) is 0.500. The third-order valence-corrected chi connectivity index (χ3v) is 0.755. The topological polar surface area (TPSA) is 52.3 Å². The smallest absolute Gasteiger partial charge is 0.335 e. The number of carbonyl (C=O) groups is 1. The van der Waals surface area contributed by atoms with Crippen LogP contribution in [0.2, 0.25) is 0 Å². The molecule has 0 heterocycles. The highest BCUT2D eigenvalue weighted by molar-refractivity contribution is 5.78. The van der Waals surface area contributed by atoms with Crippen LogP contribution in [-0.4, -0.2) is 19.1 Å². The molecule has 0 spiro atoms. The van der Waals surface area contributed by atoms with E-state index in [1.54, 1.807) is 6.92 Å². The van der Waals surface area contributed by atoms with Crippen molar-refractivity contribution in [2.24, 2.45) is 5.73 Å². The van der Waals surface area contributed by atoms with Crippen LogP contribution in [0.5, 0.6) is 0 Å². The van der Waals surface area contributed by atoms with E-state index in [1.165, 1.54) is 7.11 Å². The van der Waals surface area contributed by atoms with E-state index in [0.717, 1.165) is 0 Å². The van der Waals surface area contributed by atoms with Crippen molar-refractivity contribution in [1.82, 2.24) is 0 Å². The molecule has 0 aliphatic heterocycles. The van der Waals surface area contributed by atoms with Crippen LogP contribution in [0.3, 0.4) is 0 Å². The van der Waals surface area contributed by atoms with Crippen molar-refractivity contribution in [3.8, 4) is 11.8 Å². The van der Waals surface area contributed by atoms with Gasteiger partial charge in [0, 0.05) is 0 Å². The van der Waals surface area contributed by atoms with Gasteiger partial charge in [-0.25, -0.2) is 4.79 Å². The third kappa shape index (κ3) is 2.73. The summed E-state index contributed by atoms with van der Waals surface area (Å²) in [4.78, 5) is 10.5. The van der Waals surface area contributed by atoms with Crippen LogP contribution < -0.4 is 5.73 Å². The predicted molar refractivity (Wildman–Crippen MR) is 33.4 cm³/mol. The van der Waals surface area contributed by atoms with Gasteiger partial charge in [-0.1, -0.05) is 5.92 Å². The van der Waals surface area contributed by atoms with Gasteiger partial charge in [0.25, 0.3) is 0 Å². The second kappa shape index (κ2) is 3.93. The normalized spacial score (nSPS) is 11.0. The molecule has 0 saturated heterocycles. The molecule has 9 heavy (non-hydrogen) atoms. The van der Waals surface area contributed by atoms with Gasteiger partial charge in [-0.05, 0) is 6.92 Å². The first kappa shape index (κ1) is 7.99. The molecule has 1 unspecified atom stereocenters. The van der Waals surface area contributed by atoms with Crippen molar-refractivity contribution in [2.75, 3.05) is 7.11 Å². The van der Waals surface area contributed by atoms with Crippen molar-refractivity contribution in [3.63, 3.8) is 0 Å². The Hall–Kier alpha value is -1.01. The minimum Gasteiger partial charge on any atom is -0.467 e. The minimum atomic E-state index is -0.792. The highest BCUT2D eigenvalue weighted by atomic mass is 16.5. The summed E-state index contributed by atoms with van der Waals surface area (Å²) in [6.07, 6.45) is 0. The van der Waals surface area contributed by atoms with Crippen molar-refractivity contribution in [2.45, 2.75) is 13.0 Å². The Kier molecular flexibility index (Phi) is 3.49.